The molecule has 1 atom stereocenters. The standard InChI is InChI=1S/C9H20O3Si.C3H10OSi2/c1-5-6-7-8-9-13(10-2,11-3)12-4;1-3-6(2,4)5/h8-9H,5-7H2,1-4H3;3-4H,1H2,2,5H3/b9-8+;. The van der Waals surface area contributed by atoms with Gasteiger partial charge in [0.05, 0.1) is 0 Å². The normalized spacial score (nSPS) is 14.8. The quantitative estimate of drug-likeness (QED) is 0.540. The Hall–Kier alpha value is -0.0294. The highest BCUT2D eigenvalue weighted by Crippen LogP contribution is 2.08. The maximum absolute atomic E-state index is 8.91. The number of rotatable bonds is 8. The van der Waals surface area contributed by atoms with Crippen LogP contribution >= 0.6 is 0 Å². The molecule has 0 heterocycles. The van der Waals surface area contributed by atoms with Crippen LogP contribution in [0, 0.1) is 0 Å². The van der Waals surface area contributed by atoms with Crippen molar-refractivity contribution in [3.8, 4) is 0 Å². The minimum absolute atomic E-state index is 0.905. The summed E-state index contributed by atoms with van der Waals surface area (Å²) in [7, 11) is 1.57. The largest absolute Gasteiger partial charge is 0.528 e. The molecule has 0 amide bonds. The first-order chi connectivity index (χ1) is 8.80. The Balaban J connectivity index is 0. The molecule has 0 aliphatic rings. The van der Waals surface area contributed by atoms with Crippen molar-refractivity contribution in [2.24, 2.45) is 0 Å². The highest BCUT2D eigenvalue weighted by Gasteiger charge is 2.33. The van der Waals surface area contributed by atoms with Crippen LogP contribution in [0.3, 0.4) is 0 Å². The lowest BCUT2D eigenvalue weighted by Gasteiger charge is -2.20. The molecule has 0 aliphatic heterocycles. The van der Waals surface area contributed by atoms with Gasteiger partial charge in [-0.3, -0.25) is 0 Å². The zero-order chi connectivity index (χ0) is 15.4. The highest BCUT2D eigenvalue weighted by molar-refractivity contribution is 7.14. The first-order valence-electron chi connectivity index (χ1n) is 6.50. The smallest absolute Gasteiger partial charge is 0.432 e. The van der Waals surface area contributed by atoms with Gasteiger partial charge in [0.25, 0.3) is 0 Å². The lowest BCUT2D eigenvalue weighted by molar-refractivity contribution is 0.138. The Morgan fingerprint density at radius 3 is 1.89 bits per heavy atom. The molecule has 114 valence electrons. The van der Waals surface area contributed by atoms with Gasteiger partial charge in [-0.05, 0) is 18.7 Å². The van der Waals surface area contributed by atoms with Crippen molar-refractivity contribution in [1.29, 1.82) is 0 Å². The first-order valence-corrected chi connectivity index (χ1v) is 14.3. The van der Waals surface area contributed by atoms with Gasteiger partial charge >= 0.3 is 8.80 Å². The Kier molecular flexibility index (Phi) is 13.2. The SMILES string of the molecule is C=C[Si](C)(O)[SiH3].CCCC/C=C/[Si](OC)(OC)OC. The second-order valence-electron chi connectivity index (χ2n) is 4.62. The topological polar surface area (TPSA) is 47.9 Å². The van der Waals surface area contributed by atoms with Crippen molar-refractivity contribution in [3.05, 3.63) is 24.1 Å². The van der Waals surface area contributed by atoms with Crippen molar-refractivity contribution in [2.75, 3.05) is 21.3 Å². The summed E-state index contributed by atoms with van der Waals surface area (Å²) in [4.78, 5) is 8.91. The third-order valence-electron chi connectivity index (χ3n) is 2.40. The van der Waals surface area contributed by atoms with Crippen molar-refractivity contribution in [3.63, 3.8) is 0 Å². The van der Waals surface area contributed by atoms with E-state index in [0.29, 0.717) is 0 Å². The van der Waals surface area contributed by atoms with E-state index in [4.69, 9.17) is 18.1 Å². The summed E-state index contributed by atoms with van der Waals surface area (Å²) >= 11 is 0. The molecule has 0 rings (SSSR count). The fourth-order valence-electron chi connectivity index (χ4n) is 1.00. The predicted octanol–water partition coefficient (Wildman–Crippen LogP) is 1.29. The summed E-state index contributed by atoms with van der Waals surface area (Å²) in [5, 5.41) is 0. The first kappa shape index (κ1) is 21.3. The Morgan fingerprint density at radius 1 is 1.21 bits per heavy atom. The fraction of sp³-hybridized carbons (Fsp3) is 0.667. The van der Waals surface area contributed by atoms with Gasteiger partial charge in [-0.1, -0.05) is 31.5 Å². The Bertz CT molecular complexity index is 240. The minimum Gasteiger partial charge on any atom is -0.432 e. The van der Waals surface area contributed by atoms with Crippen LogP contribution in [0.5, 0.6) is 0 Å². The number of hydrogen-bond acceptors (Lipinski definition) is 4. The summed E-state index contributed by atoms with van der Waals surface area (Å²) in [5.41, 5.74) is 3.63. The molecule has 0 aromatic rings. The zero-order valence-electron chi connectivity index (χ0n) is 13.2. The van der Waals surface area contributed by atoms with E-state index in [0.717, 1.165) is 16.2 Å². The summed E-state index contributed by atoms with van der Waals surface area (Å²) < 4.78 is 15.7. The summed E-state index contributed by atoms with van der Waals surface area (Å²) in [6.45, 7) is 7.53. The predicted molar refractivity (Wildman–Crippen MR) is 89.4 cm³/mol. The second-order valence-corrected chi connectivity index (χ2v) is 17.2. The number of hydrogen-bond donors (Lipinski definition) is 1. The summed E-state index contributed by atoms with van der Waals surface area (Å²) in [6.07, 6.45) is 5.53. The van der Waals surface area contributed by atoms with Crippen LogP contribution in [0.1, 0.15) is 26.2 Å². The molecule has 0 radical (unpaired) electrons. The molecular formula is C12H30O4Si3. The van der Waals surface area contributed by atoms with Crippen molar-refractivity contribution < 1.29 is 18.1 Å². The van der Waals surface area contributed by atoms with Crippen molar-refractivity contribution >= 4 is 26.4 Å². The zero-order valence-corrected chi connectivity index (χ0v) is 17.2. The molecule has 0 spiro atoms. The monoisotopic (exact) mass is 322 g/mol. The molecule has 0 fully saturated rings. The van der Waals surface area contributed by atoms with Crippen molar-refractivity contribution in [2.45, 2.75) is 32.7 Å². The average molecular weight is 323 g/mol. The number of unbranched alkanes of at least 4 members (excludes halogenated alkanes) is 2. The van der Waals surface area contributed by atoms with Crippen LogP contribution < -0.4 is 0 Å². The molecule has 4 nitrogen and oxygen atoms in total. The average Bonchev–Trinajstić information content (AvgIpc) is 2.40. The minimum atomic E-state index is -2.45. The molecule has 0 saturated carbocycles. The lowest BCUT2D eigenvalue weighted by Crippen LogP contribution is -2.40. The van der Waals surface area contributed by atoms with Gasteiger partial charge in [-0.2, -0.15) is 0 Å². The fourth-order valence-corrected chi connectivity index (χ4v) is 2.37. The molecule has 0 aromatic heterocycles. The van der Waals surface area contributed by atoms with E-state index < -0.39 is 16.6 Å². The van der Waals surface area contributed by atoms with Crippen molar-refractivity contribution in [1.82, 2.24) is 0 Å². The van der Waals surface area contributed by atoms with Gasteiger partial charge in [0, 0.05) is 31.1 Å². The number of allylic oxidation sites excluding steroid dienone is 1. The highest BCUT2D eigenvalue weighted by atomic mass is 29.2. The van der Waals surface area contributed by atoms with E-state index in [2.05, 4.69) is 19.6 Å². The lowest BCUT2D eigenvalue weighted by atomic mass is 10.2. The summed E-state index contributed by atoms with van der Waals surface area (Å²) in [6, 6.07) is 0. The molecule has 0 bridgehead atoms. The van der Waals surface area contributed by atoms with E-state index in [1.54, 1.807) is 27.0 Å². The van der Waals surface area contributed by atoms with E-state index in [-0.39, 0.29) is 0 Å². The molecule has 19 heavy (non-hydrogen) atoms. The summed E-state index contributed by atoms with van der Waals surface area (Å²) in [5.74, 6) is 0. The molecule has 0 aliphatic carbocycles. The maximum atomic E-state index is 8.91. The third kappa shape index (κ3) is 12.7. The molecule has 0 saturated heterocycles. The van der Waals surface area contributed by atoms with Crippen LogP contribution in [0.15, 0.2) is 24.1 Å². The van der Waals surface area contributed by atoms with Gasteiger partial charge in [0.15, 0.2) is 7.83 Å². The van der Waals surface area contributed by atoms with Crippen LogP contribution in [-0.2, 0) is 13.3 Å². The van der Waals surface area contributed by atoms with E-state index in [1.807, 2.05) is 12.2 Å². The van der Waals surface area contributed by atoms with Gasteiger partial charge in [-0.25, -0.2) is 0 Å². The van der Waals surface area contributed by atoms with E-state index in [9.17, 15) is 0 Å². The van der Waals surface area contributed by atoms with E-state index in [1.165, 1.54) is 12.8 Å². The van der Waals surface area contributed by atoms with Crippen LogP contribution in [0.25, 0.3) is 0 Å². The van der Waals surface area contributed by atoms with Crippen LogP contribution in [-0.4, -0.2) is 52.5 Å². The third-order valence-corrected chi connectivity index (χ3v) is 6.97. The molecular weight excluding hydrogens is 292 g/mol. The van der Waals surface area contributed by atoms with Gasteiger partial charge in [-0.15, -0.1) is 6.58 Å². The van der Waals surface area contributed by atoms with Crippen LogP contribution in [0.2, 0.25) is 6.55 Å². The van der Waals surface area contributed by atoms with E-state index >= 15 is 0 Å². The Morgan fingerprint density at radius 2 is 1.63 bits per heavy atom. The molecule has 7 heteroatoms. The van der Waals surface area contributed by atoms with Gasteiger partial charge in [0.1, 0.15) is 0 Å². The van der Waals surface area contributed by atoms with Crippen LogP contribution in [0.4, 0.5) is 0 Å². The second kappa shape index (κ2) is 11.8. The molecule has 1 N–H and O–H groups in total. The van der Waals surface area contributed by atoms with Gasteiger partial charge < -0.3 is 18.1 Å². The Labute approximate surface area is 123 Å². The van der Waals surface area contributed by atoms with Gasteiger partial charge in [0.2, 0.25) is 0 Å². The molecule has 0 aromatic carbocycles. The maximum Gasteiger partial charge on any atom is 0.528 e. The molecule has 1 unspecified atom stereocenters.